The van der Waals surface area contributed by atoms with Crippen LogP contribution in [0.3, 0.4) is 0 Å². The number of nitrogens with one attached hydrogen (secondary N) is 1. The van der Waals surface area contributed by atoms with Gasteiger partial charge in [0.15, 0.2) is 0 Å². The Labute approximate surface area is 132 Å². The number of ether oxygens (including phenoxy) is 2. The zero-order valence-corrected chi connectivity index (χ0v) is 13.8. The molecule has 0 spiro atoms. The van der Waals surface area contributed by atoms with Crippen molar-refractivity contribution in [3.05, 3.63) is 42.0 Å². The van der Waals surface area contributed by atoms with Crippen LogP contribution in [0.4, 0.5) is 0 Å². The second-order valence-electron chi connectivity index (χ2n) is 5.54. The molecule has 22 heavy (non-hydrogen) atoms. The second kappa shape index (κ2) is 7.84. The summed E-state index contributed by atoms with van der Waals surface area (Å²) in [4.78, 5) is 4.25. The highest BCUT2D eigenvalue weighted by atomic mass is 16.5. The van der Waals surface area contributed by atoms with E-state index in [1.54, 1.807) is 14.2 Å². The Morgan fingerprint density at radius 3 is 2.73 bits per heavy atom. The van der Waals surface area contributed by atoms with E-state index in [1.807, 2.05) is 37.5 Å². The van der Waals surface area contributed by atoms with Gasteiger partial charge in [0.1, 0.15) is 17.3 Å². The quantitative estimate of drug-likeness (QED) is 0.814. The highest BCUT2D eigenvalue weighted by molar-refractivity contribution is 5.40. The molecule has 2 rings (SSSR count). The van der Waals surface area contributed by atoms with Gasteiger partial charge in [0.2, 0.25) is 0 Å². The fraction of sp³-hybridized carbons (Fsp3) is 0.471. The first-order valence-corrected chi connectivity index (χ1v) is 7.53. The lowest BCUT2D eigenvalue weighted by atomic mass is 10.1. The first kappa shape index (κ1) is 16.4. The molecule has 5 heteroatoms. The number of hydrogen-bond donors (Lipinski definition) is 1. The largest absolute Gasteiger partial charge is 0.497 e. The normalized spacial score (nSPS) is 12.2. The molecular weight excluding hydrogens is 278 g/mol. The maximum absolute atomic E-state index is 5.41. The van der Waals surface area contributed by atoms with E-state index < -0.39 is 0 Å². The number of methoxy groups -OCH3 is 2. The van der Waals surface area contributed by atoms with Crippen molar-refractivity contribution < 1.29 is 9.47 Å². The van der Waals surface area contributed by atoms with Crippen LogP contribution in [0.1, 0.15) is 18.3 Å². The Kier molecular flexibility index (Phi) is 5.83. The Bertz CT molecular complexity index is 595. The zero-order chi connectivity index (χ0) is 15.9. The van der Waals surface area contributed by atoms with Crippen LogP contribution in [0.5, 0.6) is 11.5 Å². The third-order valence-corrected chi connectivity index (χ3v) is 3.73. The predicted octanol–water partition coefficient (Wildman–Crippen LogP) is 2.63. The number of imidazole rings is 1. The highest BCUT2D eigenvalue weighted by Gasteiger charge is 2.07. The van der Waals surface area contributed by atoms with Gasteiger partial charge in [0.05, 0.1) is 14.2 Å². The van der Waals surface area contributed by atoms with Gasteiger partial charge in [-0.25, -0.2) is 4.98 Å². The van der Waals surface area contributed by atoms with Gasteiger partial charge in [-0.1, -0.05) is 13.0 Å². The number of aromatic nitrogens is 2. The minimum atomic E-state index is 0.525. The van der Waals surface area contributed by atoms with Crippen LogP contribution in [0.2, 0.25) is 0 Å². The highest BCUT2D eigenvalue weighted by Crippen LogP contribution is 2.24. The summed E-state index contributed by atoms with van der Waals surface area (Å²) < 4.78 is 12.8. The van der Waals surface area contributed by atoms with E-state index >= 15 is 0 Å². The molecule has 0 amide bonds. The molecule has 1 aromatic carbocycles. The van der Waals surface area contributed by atoms with Gasteiger partial charge in [-0.15, -0.1) is 0 Å². The van der Waals surface area contributed by atoms with Crippen LogP contribution in [-0.2, 0) is 13.1 Å². The van der Waals surface area contributed by atoms with Crippen molar-refractivity contribution in [2.24, 2.45) is 5.92 Å². The molecule has 2 aromatic rings. The van der Waals surface area contributed by atoms with Gasteiger partial charge in [0.25, 0.3) is 0 Å². The standard InChI is InChI=1S/C17H25N3O2/c1-13(12-20-8-7-19-14(20)2)10-18-11-15-5-6-16(21-3)9-17(15)22-4/h5-9,13,18H,10-12H2,1-4H3. The summed E-state index contributed by atoms with van der Waals surface area (Å²) in [6.45, 7) is 6.95. The molecule has 0 saturated heterocycles. The number of aryl methyl sites for hydroxylation is 1. The molecular formula is C17H25N3O2. The monoisotopic (exact) mass is 303 g/mol. The van der Waals surface area contributed by atoms with Gasteiger partial charge < -0.3 is 19.4 Å². The van der Waals surface area contributed by atoms with Gasteiger partial charge in [-0.3, -0.25) is 0 Å². The van der Waals surface area contributed by atoms with E-state index in [2.05, 4.69) is 21.8 Å². The Morgan fingerprint density at radius 1 is 1.27 bits per heavy atom. The van der Waals surface area contributed by atoms with Crippen molar-refractivity contribution in [1.29, 1.82) is 0 Å². The fourth-order valence-electron chi connectivity index (χ4n) is 2.45. The van der Waals surface area contributed by atoms with Crippen molar-refractivity contribution in [1.82, 2.24) is 14.9 Å². The van der Waals surface area contributed by atoms with Gasteiger partial charge in [-0.05, 0) is 25.5 Å². The molecule has 0 fully saturated rings. The van der Waals surface area contributed by atoms with E-state index in [0.717, 1.165) is 42.5 Å². The first-order valence-electron chi connectivity index (χ1n) is 7.53. The van der Waals surface area contributed by atoms with Gasteiger partial charge in [0, 0.05) is 37.1 Å². The van der Waals surface area contributed by atoms with Crippen LogP contribution in [0.15, 0.2) is 30.6 Å². The number of nitrogens with zero attached hydrogens (tertiary/aromatic N) is 2. The van der Waals surface area contributed by atoms with Crippen molar-refractivity contribution in [3.8, 4) is 11.5 Å². The molecule has 120 valence electrons. The van der Waals surface area contributed by atoms with Crippen LogP contribution < -0.4 is 14.8 Å². The third-order valence-electron chi connectivity index (χ3n) is 3.73. The number of hydrogen-bond acceptors (Lipinski definition) is 4. The minimum Gasteiger partial charge on any atom is -0.497 e. The summed E-state index contributed by atoms with van der Waals surface area (Å²) in [5.41, 5.74) is 1.13. The minimum absolute atomic E-state index is 0.525. The Morgan fingerprint density at radius 2 is 2.09 bits per heavy atom. The summed E-state index contributed by atoms with van der Waals surface area (Å²) in [5.74, 6) is 3.25. The maximum Gasteiger partial charge on any atom is 0.127 e. The lowest BCUT2D eigenvalue weighted by Crippen LogP contribution is -2.24. The van der Waals surface area contributed by atoms with Crippen molar-refractivity contribution >= 4 is 0 Å². The van der Waals surface area contributed by atoms with Crippen molar-refractivity contribution in [2.45, 2.75) is 26.9 Å². The Hall–Kier alpha value is -2.01. The van der Waals surface area contributed by atoms with E-state index in [-0.39, 0.29) is 0 Å². The summed E-state index contributed by atoms with van der Waals surface area (Å²) >= 11 is 0. The van der Waals surface area contributed by atoms with Gasteiger partial charge in [-0.2, -0.15) is 0 Å². The third kappa shape index (κ3) is 4.24. The molecule has 1 atom stereocenters. The number of benzene rings is 1. The average molecular weight is 303 g/mol. The summed E-state index contributed by atoms with van der Waals surface area (Å²) in [7, 11) is 3.34. The lowest BCUT2D eigenvalue weighted by Gasteiger charge is -2.16. The molecule has 1 unspecified atom stereocenters. The molecule has 0 aliphatic carbocycles. The zero-order valence-electron chi connectivity index (χ0n) is 13.8. The summed E-state index contributed by atoms with van der Waals surface area (Å²) in [5, 5.41) is 3.49. The molecule has 0 radical (unpaired) electrons. The molecule has 1 N–H and O–H groups in total. The first-order chi connectivity index (χ1) is 10.6. The van der Waals surface area contributed by atoms with Crippen LogP contribution >= 0.6 is 0 Å². The molecule has 0 bridgehead atoms. The van der Waals surface area contributed by atoms with Crippen LogP contribution in [0.25, 0.3) is 0 Å². The molecule has 1 aromatic heterocycles. The molecule has 5 nitrogen and oxygen atoms in total. The van der Waals surface area contributed by atoms with Gasteiger partial charge >= 0.3 is 0 Å². The van der Waals surface area contributed by atoms with Crippen LogP contribution in [-0.4, -0.2) is 30.3 Å². The van der Waals surface area contributed by atoms with E-state index in [1.165, 1.54) is 0 Å². The van der Waals surface area contributed by atoms with E-state index in [4.69, 9.17) is 9.47 Å². The lowest BCUT2D eigenvalue weighted by molar-refractivity contribution is 0.387. The Balaban J connectivity index is 1.84. The maximum atomic E-state index is 5.41. The second-order valence-corrected chi connectivity index (χ2v) is 5.54. The van der Waals surface area contributed by atoms with E-state index in [9.17, 15) is 0 Å². The SMILES string of the molecule is COc1ccc(CNCC(C)Cn2ccnc2C)c(OC)c1. The van der Waals surface area contributed by atoms with E-state index in [0.29, 0.717) is 5.92 Å². The molecule has 1 heterocycles. The number of rotatable bonds is 8. The fourth-order valence-corrected chi connectivity index (χ4v) is 2.45. The van der Waals surface area contributed by atoms with Crippen LogP contribution in [0, 0.1) is 12.8 Å². The topological polar surface area (TPSA) is 48.3 Å². The predicted molar refractivity (Wildman–Crippen MR) is 87.4 cm³/mol. The molecule has 0 saturated carbocycles. The van der Waals surface area contributed by atoms with Crippen molar-refractivity contribution in [3.63, 3.8) is 0 Å². The summed E-state index contributed by atoms with van der Waals surface area (Å²) in [6.07, 6.45) is 3.87. The van der Waals surface area contributed by atoms with Crippen molar-refractivity contribution in [2.75, 3.05) is 20.8 Å². The smallest absolute Gasteiger partial charge is 0.127 e. The average Bonchev–Trinajstić information content (AvgIpc) is 2.92. The molecule has 0 aliphatic heterocycles. The summed E-state index contributed by atoms with van der Waals surface area (Å²) in [6, 6.07) is 5.91. The molecule has 0 aliphatic rings.